The number of hydrogen-bond acceptors (Lipinski definition) is 4. The maximum atomic E-state index is 12.1. The Morgan fingerprint density at radius 2 is 1.92 bits per heavy atom. The van der Waals surface area contributed by atoms with Crippen molar-refractivity contribution in [2.75, 3.05) is 25.9 Å². The Balaban J connectivity index is 0.00000625. The average molecular weight is 497 g/mol. The van der Waals surface area contributed by atoms with E-state index in [0.29, 0.717) is 19.0 Å². The van der Waals surface area contributed by atoms with E-state index in [1.54, 1.807) is 27.8 Å². The molecule has 0 radical (unpaired) electrons. The van der Waals surface area contributed by atoms with Crippen LogP contribution in [0.2, 0.25) is 0 Å². The zero-order valence-corrected chi connectivity index (χ0v) is 19.6. The first-order valence-corrected chi connectivity index (χ1v) is 10.1. The highest BCUT2D eigenvalue weighted by atomic mass is 127. The third-order valence-corrected chi connectivity index (χ3v) is 6.31. The first-order chi connectivity index (χ1) is 11.5. The smallest absolute Gasteiger partial charge is 0.191 e. The second kappa shape index (κ2) is 11.0. The second-order valence-corrected chi connectivity index (χ2v) is 9.92. The van der Waals surface area contributed by atoms with Gasteiger partial charge in [-0.05, 0) is 52.3 Å². The maximum absolute atomic E-state index is 12.1. The van der Waals surface area contributed by atoms with Crippen molar-refractivity contribution < 1.29 is 13.2 Å². The largest absolute Gasteiger partial charge is 0.489 e. The van der Waals surface area contributed by atoms with Crippen LogP contribution in [0.5, 0.6) is 5.75 Å². The third kappa shape index (κ3) is 8.57. The lowest BCUT2D eigenvalue weighted by atomic mass is 10.2. The first kappa shape index (κ1) is 25.0. The van der Waals surface area contributed by atoms with Gasteiger partial charge in [0.2, 0.25) is 0 Å². The summed E-state index contributed by atoms with van der Waals surface area (Å²) in [6.07, 6.45) is -0.0568. The number of sulfone groups is 1. The summed E-state index contributed by atoms with van der Waals surface area (Å²) in [5.41, 5.74) is 1.15. The van der Waals surface area contributed by atoms with Crippen LogP contribution in [0.15, 0.2) is 29.3 Å². The van der Waals surface area contributed by atoms with Crippen LogP contribution in [-0.2, 0) is 9.84 Å². The van der Waals surface area contributed by atoms with E-state index in [4.69, 9.17) is 4.74 Å². The molecular formula is C18H32IN3O3S. The summed E-state index contributed by atoms with van der Waals surface area (Å²) < 4.78 is 29.3. The van der Waals surface area contributed by atoms with Gasteiger partial charge in [0.15, 0.2) is 15.8 Å². The number of rotatable bonds is 7. The molecule has 0 aliphatic rings. The summed E-state index contributed by atoms with van der Waals surface area (Å²) in [4.78, 5) is 4.11. The summed E-state index contributed by atoms with van der Waals surface area (Å²) in [6, 6.07) is 7.89. The van der Waals surface area contributed by atoms with E-state index in [0.717, 1.165) is 11.3 Å². The maximum Gasteiger partial charge on any atom is 0.191 e. The summed E-state index contributed by atoms with van der Waals surface area (Å²) in [6.45, 7) is 9.98. The minimum Gasteiger partial charge on any atom is -0.489 e. The average Bonchev–Trinajstić information content (AvgIpc) is 2.49. The normalized spacial score (nSPS) is 13.5. The number of nitrogens with one attached hydrogen (secondary N) is 2. The third-order valence-electron chi connectivity index (χ3n) is 3.70. The molecule has 0 aliphatic heterocycles. The molecule has 26 heavy (non-hydrogen) atoms. The summed E-state index contributed by atoms with van der Waals surface area (Å²) in [5, 5.41) is 6.18. The molecule has 1 unspecified atom stereocenters. The molecule has 150 valence electrons. The van der Waals surface area contributed by atoms with E-state index >= 15 is 0 Å². The lowest BCUT2D eigenvalue weighted by molar-refractivity contribution is 0.223. The number of aliphatic imine (C=N–C) groups is 1. The zero-order chi connectivity index (χ0) is 19.1. The topological polar surface area (TPSA) is 79.8 Å². The summed E-state index contributed by atoms with van der Waals surface area (Å²) in [7, 11) is -1.50. The fourth-order valence-electron chi connectivity index (χ4n) is 2.03. The Kier molecular flexibility index (Phi) is 10.5. The molecule has 1 atom stereocenters. The summed E-state index contributed by atoms with van der Waals surface area (Å²) >= 11 is 0. The number of halogens is 1. The van der Waals surface area contributed by atoms with Gasteiger partial charge in [0.1, 0.15) is 11.9 Å². The van der Waals surface area contributed by atoms with Crippen LogP contribution in [0, 0.1) is 6.92 Å². The van der Waals surface area contributed by atoms with Gasteiger partial charge >= 0.3 is 0 Å². The quantitative estimate of drug-likeness (QED) is 0.344. The van der Waals surface area contributed by atoms with E-state index in [9.17, 15) is 8.42 Å². The molecule has 2 N–H and O–H groups in total. The van der Waals surface area contributed by atoms with Crippen molar-refractivity contribution in [1.29, 1.82) is 0 Å². The van der Waals surface area contributed by atoms with E-state index in [2.05, 4.69) is 15.6 Å². The SMILES string of the molecule is CN=C(NCCS(=O)(=O)C(C)(C)C)NCC(C)Oc1cccc(C)c1.I. The lowest BCUT2D eigenvalue weighted by Crippen LogP contribution is -2.44. The van der Waals surface area contributed by atoms with Gasteiger partial charge in [-0.2, -0.15) is 0 Å². The fourth-order valence-corrected chi connectivity index (χ4v) is 3.02. The van der Waals surface area contributed by atoms with Crippen molar-refractivity contribution in [1.82, 2.24) is 10.6 Å². The Morgan fingerprint density at radius 3 is 2.46 bits per heavy atom. The lowest BCUT2D eigenvalue weighted by Gasteiger charge is -2.20. The van der Waals surface area contributed by atoms with Gasteiger partial charge < -0.3 is 15.4 Å². The number of guanidine groups is 1. The van der Waals surface area contributed by atoms with Gasteiger partial charge in [0, 0.05) is 13.6 Å². The van der Waals surface area contributed by atoms with Crippen molar-refractivity contribution >= 4 is 39.8 Å². The molecule has 0 aromatic heterocycles. The fraction of sp³-hybridized carbons (Fsp3) is 0.611. The molecule has 0 aliphatic carbocycles. The van der Waals surface area contributed by atoms with Gasteiger partial charge in [0.05, 0.1) is 17.0 Å². The first-order valence-electron chi connectivity index (χ1n) is 8.45. The highest BCUT2D eigenvalue weighted by Gasteiger charge is 2.28. The van der Waals surface area contributed by atoms with Gasteiger partial charge in [-0.3, -0.25) is 4.99 Å². The van der Waals surface area contributed by atoms with Crippen molar-refractivity contribution in [3.8, 4) is 5.75 Å². The number of nitrogens with zero attached hydrogens (tertiary/aromatic N) is 1. The molecule has 0 spiro atoms. The highest BCUT2D eigenvalue weighted by Crippen LogP contribution is 2.15. The molecule has 8 heteroatoms. The second-order valence-electron chi connectivity index (χ2n) is 7.06. The van der Waals surface area contributed by atoms with Crippen molar-refractivity contribution in [3.63, 3.8) is 0 Å². The predicted molar refractivity (Wildman–Crippen MR) is 120 cm³/mol. The molecule has 1 rings (SSSR count). The van der Waals surface area contributed by atoms with Crippen LogP contribution in [0.3, 0.4) is 0 Å². The monoisotopic (exact) mass is 497 g/mol. The Bertz CT molecular complexity index is 685. The molecule has 0 saturated heterocycles. The van der Waals surface area contributed by atoms with E-state index < -0.39 is 14.6 Å². The molecule has 0 fully saturated rings. The van der Waals surface area contributed by atoms with Crippen LogP contribution in [0.25, 0.3) is 0 Å². The van der Waals surface area contributed by atoms with E-state index in [1.807, 2.05) is 38.1 Å². The van der Waals surface area contributed by atoms with Crippen LogP contribution in [0.1, 0.15) is 33.3 Å². The molecule has 0 amide bonds. The molecule has 1 aromatic carbocycles. The minimum atomic E-state index is -3.15. The highest BCUT2D eigenvalue weighted by molar-refractivity contribution is 14.0. The molecule has 6 nitrogen and oxygen atoms in total. The number of ether oxygens (including phenoxy) is 1. The molecule has 0 heterocycles. The van der Waals surface area contributed by atoms with E-state index in [1.165, 1.54) is 0 Å². The molecule has 0 bridgehead atoms. The standard InChI is InChI=1S/C18H31N3O3S.HI/c1-14-8-7-9-16(12-14)24-15(2)13-21-17(19-6)20-10-11-25(22,23)18(3,4)5;/h7-9,12,15H,10-11,13H2,1-6H3,(H2,19,20,21);1H. The number of aryl methyl sites for hydroxylation is 1. The van der Waals surface area contributed by atoms with Gasteiger partial charge in [-0.1, -0.05) is 12.1 Å². The van der Waals surface area contributed by atoms with Crippen molar-refractivity contribution in [3.05, 3.63) is 29.8 Å². The Labute approximate surface area is 175 Å². The van der Waals surface area contributed by atoms with Crippen LogP contribution < -0.4 is 15.4 Å². The van der Waals surface area contributed by atoms with Crippen LogP contribution >= 0.6 is 24.0 Å². The molecule has 0 saturated carbocycles. The van der Waals surface area contributed by atoms with Crippen LogP contribution in [0.4, 0.5) is 0 Å². The zero-order valence-electron chi connectivity index (χ0n) is 16.5. The minimum absolute atomic E-state index is 0. The Morgan fingerprint density at radius 1 is 1.27 bits per heavy atom. The van der Waals surface area contributed by atoms with Gasteiger partial charge in [0.25, 0.3) is 0 Å². The van der Waals surface area contributed by atoms with Crippen molar-refractivity contribution in [2.24, 2.45) is 4.99 Å². The summed E-state index contributed by atoms with van der Waals surface area (Å²) in [5.74, 6) is 1.45. The molecular weight excluding hydrogens is 465 g/mol. The van der Waals surface area contributed by atoms with Crippen LogP contribution in [-0.4, -0.2) is 51.1 Å². The number of benzene rings is 1. The van der Waals surface area contributed by atoms with E-state index in [-0.39, 0.29) is 35.8 Å². The molecule has 1 aromatic rings. The van der Waals surface area contributed by atoms with Gasteiger partial charge in [-0.15, -0.1) is 24.0 Å². The van der Waals surface area contributed by atoms with Gasteiger partial charge in [-0.25, -0.2) is 8.42 Å². The number of hydrogen-bond donors (Lipinski definition) is 2. The Hall–Kier alpha value is -1.03. The predicted octanol–water partition coefficient (Wildman–Crippen LogP) is 2.76. The van der Waals surface area contributed by atoms with Crippen molar-refractivity contribution in [2.45, 2.75) is 45.5 Å².